The van der Waals surface area contributed by atoms with Crippen LogP contribution in [0.4, 0.5) is 16.2 Å². The van der Waals surface area contributed by atoms with Crippen molar-refractivity contribution in [3.63, 3.8) is 0 Å². The van der Waals surface area contributed by atoms with Crippen LogP contribution in [0.5, 0.6) is 17.2 Å². The van der Waals surface area contributed by atoms with Gasteiger partial charge in [0, 0.05) is 11.1 Å². The maximum Gasteiger partial charge on any atom is 0.339 e. The number of fused-ring (bicyclic) bond motifs is 1. The van der Waals surface area contributed by atoms with Gasteiger partial charge in [0.25, 0.3) is 0 Å². The molecule has 0 aliphatic carbocycles. The van der Waals surface area contributed by atoms with Gasteiger partial charge < -0.3 is 25.2 Å². The molecule has 5 rings (SSSR count). The summed E-state index contributed by atoms with van der Waals surface area (Å²) in [5.74, 6) is 0.237. The molecular weight excluding hydrogens is 492 g/mol. The summed E-state index contributed by atoms with van der Waals surface area (Å²) in [5, 5.41) is 17.3. The van der Waals surface area contributed by atoms with Crippen molar-refractivity contribution in [2.45, 2.75) is 6.92 Å². The summed E-state index contributed by atoms with van der Waals surface area (Å²) in [4.78, 5) is 24.8. The number of hydrogen-bond acceptors (Lipinski definition) is 4. The van der Waals surface area contributed by atoms with Gasteiger partial charge in [-0.15, -0.1) is 0 Å². The molecule has 7 heteroatoms. The molecule has 5 aromatic carbocycles. The molecule has 194 valence electrons. The van der Waals surface area contributed by atoms with E-state index in [1.807, 2.05) is 73.7 Å². The van der Waals surface area contributed by atoms with Crippen molar-refractivity contribution in [1.82, 2.24) is 0 Å². The zero-order chi connectivity index (χ0) is 27.4. The van der Waals surface area contributed by atoms with Crippen LogP contribution in [0.3, 0.4) is 0 Å². The first-order valence-electron chi connectivity index (χ1n) is 12.3. The number of ether oxygens (including phenoxy) is 2. The lowest BCUT2D eigenvalue weighted by Crippen LogP contribution is -2.19. The van der Waals surface area contributed by atoms with E-state index >= 15 is 0 Å². The van der Waals surface area contributed by atoms with Crippen LogP contribution < -0.4 is 20.1 Å². The molecule has 2 amide bonds. The van der Waals surface area contributed by atoms with E-state index in [2.05, 4.69) is 10.6 Å². The number of hydrogen-bond donors (Lipinski definition) is 3. The first kappa shape index (κ1) is 25.4. The number of amides is 2. The quantitative estimate of drug-likeness (QED) is 0.203. The number of aromatic carboxylic acids is 1. The van der Waals surface area contributed by atoms with Crippen LogP contribution in [0.25, 0.3) is 21.9 Å². The topological polar surface area (TPSA) is 96.9 Å². The molecule has 0 aliphatic rings. The standard InChI is InChI=1S/C32H26N2O5/c1-20-7-5-10-24(17-20)33-32(37)34-27-19-23(22-13-15-28(38-2)26(18-22)31(35)36)14-16-30(27)39-29-12-6-9-21-8-3-4-11-25(21)29/h3-19H,1-2H3,(H,35,36)(H2,33,34,37). The highest BCUT2D eigenvalue weighted by atomic mass is 16.5. The number of carbonyl (C=O) groups excluding carboxylic acids is 1. The average molecular weight is 519 g/mol. The first-order chi connectivity index (χ1) is 18.9. The molecule has 0 fully saturated rings. The van der Waals surface area contributed by atoms with Crippen molar-refractivity contribution < 1.29 is 24.2 Å². The van der Waals surface area contributed by atoms with Crippen LogP contribution >= 0.6 is 0 Å². The maximum atomic E-state index is 13.0. The van der Waals surface area contributed by atoms with Crippen molar-refractivity contribution in [3.8, 4) is 28.4 Å². The SMILES string of the molecule is COc1ccc(-c2ccc(Oc3cccc4ccccc34)c(NC(=O)Nc3cccc(C)c3)c2)cc1C(=O)O. The lowest BCUT2D eigenvalue weighted by atomic mass is 10.0. The third-order valence-electron chi connectivity index (χ3n) is 6.24. The van der Waals surface area contributed by atoms with Crippen LogP contribution in [0.15, 0.2) is 103 Å². The van der Waals surface area contributed by atoms with Crippen molar-refractivity contribution in [2.75, 3.05) is 17.7 Å². The second kappa shape index (κ2) is 11.0. The lowest BCUT2D eigenvalue weighted by Gasteiger charge is -2.16. The predicted octanol–water partition coefficient (Wildman–Crippen LogP) is 7.96. The van der Waals surface area contributed by atoms with Gasteiger partial charge in [0.15, 0.2) is 5.75 Å². The number of urea groups is 1. The fourth-order valence-electron chi connectivity index (χ4n) is 4.36. The minimum atomic E-state index is -1.10. The van der Waals surface area contributed by atoms with Crippen LogP contribution in [0, 0.1) is 6.92 Å². The van der Waals surface area contributed by atoms with Crippen molar-refractivity contribution >= 4 is 34.1 Å². The van der Waals surface area contributed by atoms with Crippen molar-refractivity contribution in [1.29, 1.82) is 0 Å². The van der Waals surface area contributed by atoms with Gasteiger partial charge in [0.05, 0.1) is 12.8 Å². The van der Waals surface area contributed by atoms with E-state index < -0.39 is 12.0 Å². The summed E-state index contributed by atoms with van der Waals surface area (Å²) in [6, 6.07) is 30.9. The third kappa shape index (κ3) is 5.67. The molecule has 39 heavy (non-hydrogen) atoms. The van der Waals surface area contributed by atoms with E-state index in [4.69, 9.17) is 9.47 Å². The van der Waals surface area contributed by atoms with E-state index in [9.17, 15) is 14.7 Å². The Labute approximate surface area is 225 Å². The number of carboxylic acids is 1. The highest BCUT2D eigenvalue weighted by molar-refractivity contribution is 6.01. The van der Waals surface area contributed by atoms with Gasteiger partial charge in [-0.25, -0.2) is 9.59 Å². The Bertz CT molecular complexity index is 1690. The smallest absolute Gasteiger partial charge is 0.339 e. The molecule has 7 nitrogen and oxygen atoms in total. The monoisotopic (exact) mass is 518 g/mol. The summed E-state index contributed by atoms with van der Waals surface area (Å²) in [6.07, 6.45) is 0. The maximum absolute atomic E-state index is 13.0. The molecule has 3 N–H and O–H groups in total. The normalized spacial score (nSPS) is 10.6. The Morgan fingerprint density at radius 2 is 1.44 bits per heavy atom. The van der Waals surface area contributed by atoms with Crippen molar-refractivity contribution in [2.24, 2.45) is 0 Å². The average Bonchev–Trinajstić information content (AvgIpc) is 2.93. The summed E-state index contributed by atoms with van der Waals surface area (Å²) >= 11 is 0. The number of methoxy groups -OCH3 is 1. The molecule has 0 spiro atoms. The van der Waals surface area contributed by atoms with Gasteiger partial charge in [0.1, 0.15) is 17.1 Å². The Morgan fingerprint density at radius 3 is 2.21 bits per heavy atom. The Kier molecular flexibility index (Phi) is 7.14. The van der Waals surface area contributed by atoms with E-state index in [1.165, 1.54) is 7.11 Å². The predicted molar refractivity (Wildman–Crippen MR) is 153 cm³/mol. The molecule has 0 heterocycles. The van der Waals surface area contributed by atoms with Crippen LogP contribution in [-0.2, 0) is 0 Å². The van der Waals surface area contributed by atoms with Gasteiger partial charge in [0.2, 0.25) is 0 Å². The highest BCUT2D eigenvalue weighted by Gasteiger charge is 2.16. The van der Waals surface area contributed by atoms with E-state index in [1.54, 1.807) is 36.4 Å². The van der Waals surface area contributed by atoms with Crippen LogP contribution in [0.1, 0.15) is 15.9 Å². The molecule has 0 bridgehead atoms. The number of nitrogens with one attached hydrogen (secondary N) is 2. The Morgan fingerprint density at radius 1 is 0.718 bits per heavy atom. The molecule has 0 aliphatic heterocycles. The number of aryl methyl sites for hydroxylation is 1. The minimum absolute atomic E-state index is 0.0396. The number of benzene rings is 5. The number of carboxylic acid groups (broad SMARTS) is 1. The molecule has 0 saturated carbocycles. The van der Waals surface area contributed by atoms with Gasteiger partial charge in [-0.05, 0) is 71.5 Å². The zero-order valence-electron chi connectivity index (χ0n) is 21.4. The van der Waals surface area contributed by atoms with Gasteiger partial charge in [-0.2, -0.15) is 0 Å². The Hall–Kier alpha value is -5.30. The summed E-state index contributed by atoms with van der Waals surface area (Å²) < 4.78 is 11.5. The second-order valence-corrected chi connectivity index (χ2v) is 8.96. The molecule has 0 radical (unpaired) electrons. The highest BCUT2D eigenvalue weighted by Crippen LogP contribution is 2.37. The summed E-state index contributed by atoms with van der Waals surface area (Å²) in [6.45, 7) is 1.95. The first-order valence-corrected chi connectivity index (χ1v) is 12.3. The number of rotatable bonds is 7. The van der Waals surface area contributed by atoms with Gasteiger partial charge >= 0.3 is 12.0 Å². The van der Waals surface area contributed by atoms with Crippen LogP contribution in [-0.4, -0.2) is 24.2 Å². The summed E-state index contributed by atoms with van der Waals surface area (Å²) in [7, 11) is 1.43. The number of carbonyl (C=O) groups is 2. The lowest BCUT2D eigenvalue weighted by molar-refractivity contribution is 0.0693. The van der Waals surface area contributed by atoms with E-state index in [-0.39, 0.29) is 11.3 Å². The van der Waals surface area contributed by atoms with E-state index in [0.29, 0.717) is 34.0 Å². The number of anilines is 2. The molecular formula is C32H26N2O5. The zero-order valence-corrected chi connectivity index (χ0v) is 21.4. The largest absolute Gasteiger partial charge is 0.496 e. The van der Waals surface area contributed by atoms with Gasteiger partial charge in [-0.1, -0.05) is 60.7 Å². The molecule has 0 atom stereocenters. The minimum Gasteiger partial charge on any atom is -0.496 e. The molecule has 5 aromatic rings. The van der Waals surface area contributed by atoms with Crippen molar-refractivity contribution in [3.05, 3.63) is 114 Å². The van der Waals surface area contributed by atoms with E-state index in [0.717, 1.165) is 16.3 Å². The fourth-order valence-corrected chi connectivity index (χ4v) is 4.36. The fraction of sp³-hybridized carbons (Fsp3) is 0.0625. The summed E-state index contributed by atoms with van der Waals surface area (Å²) in [5.41, 5.74) is 3.46. The van der Waals surface area contributed by atoms with Crippen LogP contribution in [0.2, 0.25) is 0 Å². The molecule has 0 unspecified atom stereocenters. The molecule has 0 saturated heterocycles. The third-order valence-corrected chi connectivity index (χ3v) is 6.24. The van der Waals surface area contributed by atoms with Gasteiger partial charge in [-0.3, -0.25) is 0 Å². The second-order valence-electron chi connectivity index (χ2n) is 8.96. The molecule has 0 aromatic heterocycles. The Balaban J connectivity index is 1.53.